The molecule has 3 heterocycles. The number of likely N-dealkylation sites (N-methyl/N-ethyl adjacent to an activating group) is 1. The first-order chi connectivity index (χ1) is 23.4. The molecule has 0 saturated carbocycles. The summed E-state index contributed by atoms with van der Waals surface area (Å²) < 4.78 is 37.1. The summed E-state index contributed by atoms with van der Waals surface area (Å²) in [5.74, 6) is -4.98. The van der Waals surface area contributed by atoms with Crippen LogP contribution in [0.1, 0.15) is 94.9 Å². The topological polar surface area (TPSA) is 194 Å². The van der Waals surface area contributed by atoms with Crippen LogP contribution in [-0.2, 0) is 38.0 Å². The summed E-state index contributed by atoms with van der Waals surface area (Å²) in [7, 11) is 5.18. The van der Waals surface area contributed by atoms with Crippen molar-refractivity contribution in [2.45, 2.75) is 179 Å². The normalized spacial score (nSPS) is 49.7. The highest BCUT2D eigenvalue weighted by Gasteiger charge is 2.53. The quantitative estimate of drug-likeness (QED) is 0.238. The first-order valence-corrected chi connectivity index (χ1v) is 18.5. The second-order valence-corrected chi connectivity index (χ2v) is 16.5. The van der Waals surface area contributed by atoms with Gasteiger partial charge in [-0.3, -0.25) is 9.59 Å². The number of nitrogens with zero attached hydrogens (tertiary/aromatic N) is 1. The summed E-state index contributed by atoms with van der Waals surface area (Å²) >= 11 is 0. The van der Waals surface area contributed by atoms with Crippen molar-refractivity contribution in [1.29, 1.82) is 0 Å². The van der Waals surface area contributed by atoms with Crippen molar-refractivity contribution < 1.29 is 63.5 Å². The Bertz CT molecular complexity index is 1170. The molecular weight excluding hydrogens is 666 g/mol. The van der Waals surface area contributed by atoms with Gasteiger partial charge in [0.15, 0.2) is 12.6 Å². The van der Waals surface area contributed by atoms with E-state index < -0.39 is 108 Å². The second-order valence-electron chi connectivity index (χ2n) is 16.5. The maximum Gasteiger partial charge on any atom is 0.311 e. The number of methoxy groups -OCH3 is 1. The van der Waals surface area contributed by atoms with Crippen LogP contribution < -0.4 is 0 Å². The average molecular weight is 734 g/mol. The molecule has 0 aromatic rings. The number of carbonyl (C=O) groups is 2. The number of aliphatic hydroxyl groups is 5. The lowest BCUT2D eigenvalue weighted by Crippen LogP contribution is -2.61. The Morgan fingerprint density at radius 3 is 2.04 bits per heavy atom. The molecule has 0 spiro atoms. The Kier molecular flexibility index (Phi) is 14.7. The molecule has 51 heavy (non-hydrogen) atoms. The van der Waals surface area contributed by atoms with Crippen molar-refractivity contribution in [3.05, 3.63) is 0 Å². The predicted molar refractivity (Wildman–Crippen MR) is 186 cm³/mol. The van der Waals surface area contributed by atoms with E-state index >= 15 is 0 Å². The summed E-state index contributed by atoms with van der Waals surface area (Å²) in [6, 6.07) is -0.324. The predicted octanol–water partition coefficient (Wildman–Crippen LogP) is 1.79. The van der Waals surface area contributed by atoms with Gasteiger partial charge in [0.2, 0.25) is 0 Å². The number of ether oxygens (including phenoxy) is 6. The first-order valence-electron chi connectivity index (χ1n) is 18.5. The number of aliphatic hydroxyl groups excluding tert-OH is 3. The Morgan fingerprint density at radius 1 is 0.882 bits per heavy atom. The van der Waals surface area contributed by atoms with Gasteiger partial charge >= 0.3 is 5.97 Å². The molecular formula is C37H67NO13. The summed E-state index contributed by atoms with van der Waals surface area (Å²) in [6.07, 6.45) is -9.71. The van der Waals surface area contributed by atoms with E-state index in [1.54, 1.807) is 41.5 Å². The molecule has 3 fully saturated rings. The number of hydrogen-bond donors (Lipinski definition) is 5. The fourth-order valence-corrected chi connectivity index (χ4v) is 8.41. The van der Waals surface area contributed by atoms with E-state index in [0.29, 0.717) is 6.42 Å². The average Bonchev–Trinajstić information content (AvgIpc) is 3.05. The lowest BCUT2D eigenvalue weighted by molar-refractivity contribution is -0.318. The monoisotopic (exact) mass is 733 g/mol. The van der Waals surface area contributed by atoms with Crippen LogP contribution >= 0.6 is 0 Å². The van der Waals surface area contributed by atoms with E-state index in [9.17, 15) is 35.1 Å². The summed E-state index contributed by atoms with van der Waals surface area (Å²) in [5.41, 5.74) is -4.84. The fraction of sp³-hybridized carbons (Fsp3) is 0.946. The van der Waals surface area contributed by atoms with E-state index in [2.05, 4.69) is 0 Å². The van der Waals surface area contributed by atoms with Crippen LogP contribution in [0.25, 0.3) is 0 Å². The van der Waals surface area contributed by atoms with Crippen LogP contribution in [0.5, 0.6) is 0 Å². The van der Waals surface area contributed by atoms with Gasteiger partial charge in [-0.15, -0.1) is 0 Å². The zero-order valence-corrected chi connectivity index (χ0v) is 32.9. The standard InChI is InChI=1S/C37H67NO13/c1-14-25-37(10,45)30(41)20(4)27(39)18(2)16-35(8,44)32(51-34-28(40)24(38(11)12)15-19(3)47-34)21(5)29(22(6)33(43)49-25)50-26-17-36(9,46-13)31(42)23(7)48-26/h18-26,28-32,34,40-42,44-45H,14-17H2,1-13H3/t18-,19-,20+,21+,22+,23+,24+,25-,26-,28-,29-,30-,31+,32-,34+,35+,36-,37-/m1/s1. The highest BCUT2D eigenvalue weighted by molar-refractivity contribution is 5.83. The van der Waals surface area contributed by atoms with E-state index in [4.69, 9.17) is 28.4 Å². The molecule has 3 saturated heterocycles. The minimum Gasteiger partial charge on any atom is -0.459 e. The number of cyclic esters (lactones) is 1. The molecule has 3 aliphatic heterocycles. The van der Waals surface area contributed by atoms with Crippen molar-refractivity contribution in [2.75, 3.05) is 21.2 Å². The number of ketones is 1. The fourth-order valence-electron chi connectivity index (χ4n) is 8.41. The highest BCUT2D eigenvalue weighted by atomic mass is 16.7. The van der Waals surface area contributed by atoms with Gasteiger partial charge in [-0.25, -0.2) is 0 Å². The van der Waals surface area contributed by atoms with Crippen molar-refractivity contribution in [3.63, 3.8) is 0 Å². The van der Waals surface area contributed by atoms with Gasteiger partial charge in [-0.1, -0.05) is 27.7 Å². The first kappa shape index (κ1) is 44.1. The lowest BCUT2D eigenvalue weighted by atomic mass is 9.74. The Morgan fingerprint density at radius 2 is 1.49 bits per heavy atom. The number of carbonyl (C=O) groups excluding carboxylic acids is 2. The molecule has 14 nitrogen and oxygen atoms in total. The third-order valence-electron chi connectivity index (χ3n) is 11.8. The molecule has 0 unspecified atom stereocenters. The van der Waals surface area contributed by atoms with Crippen molar-refractivity contribution in [1.82, 2.24) is 4.90 Å². The van der Waals surface area contributed by atoms with Crippen molar-refractivity contribution >= 4 is 11.8 Å². The smallest absolute Gasteiger partial charge is 0.311 e. The van der Waals surface area contributed by atoms with Gasteiger partial charge < -0.3 is 58.9 Å². The number of esters is 1. The Hall–Kier alpha value is -1.30. The number of Topliss-reactive ketones (excluding diaryl/α,β-unsaturated/α-hetero) is 1. The van der Waals surface area contributed by atoms with Crippen LogP contribution in [0.3, 0.4) is 0 Å². The van der Waals surface area contributed by atoms with Gasteiger partial charge in [0.05, 0.1) is 47.6 Å². The maximum absolute atomic E-state index is 14.1. The van der Waals surface area contributed by atoms with Gasteiger partial charge in [-0.2, -0.15) is 0 Å². The minimum absolute atomic E-state index is 0.0936. The lowest BCUT2D eigenvalue weighted by Gasteiger charge is -2.49. The molecule has 0 bridgehead atoms. The van der Waals surface area contributed by atoms with Gasteiger partial charge in [0, 0.05) is 37.3 Å². The molecule has 18 atom stereocenters. The molecule has 0 aromatic carbocycles. The van der Waals surface area contributed by atoms with Gasteiger partial charge in [-0.05, 0) is 74.9 Å². The van der Waals surface area contributed by atoms with E-state index in [0.717, 1.165) is 0 Å². The molecule has 5 N–H and O–H groups in total. The molecule has 0 radical (unpaired) electrons. The molecule has 14 heteroatoms. The third-order valence-corrected chi connectivity index (χ3v) is 11.8. The maximum atomic E-state index is 14.1. The largest absolute Gasteiger partial charge is 0.459 e. The van der Waals surface area contributed by atoms with Crippen molar-refractivity contribution in [3.8, 4) is 0 Å². The Labute approximate surface area is 304 Å². The molecule has 3 aliphatic rings. The zero-order chi connectivity index (χ0) is 39.0. The van der Waals surface area contributed by atoms with E-state index in [1.165, 1.54) is 27.9 Å². The number of rotatable bonds is 7. The van der Waals surface area contributed by atoms with Gasteiger partial charge in [0.1, 0.15) is 29.7 Å². The molecule has 0 aromatic heterocycles. The van der Waals surface area contributed by atoms with E-state index in [1.807, 2.05) is 25.9 Å². The minimum atomic E-state index is -1.99. The summed E-state index contributed by atoms with van der Waals surface area (Å²) in [5, 5.41) is 57.6. The van der Waals surface area contributed by atoms with Crippen LogP contribution in [0.15, 0.2) is 0 Å². The molecule has 298 valence electrons. The molecule has 0 amide bonds. The van der Waals surface area contributed by atoms with Crippen molar-refractivity contribution in [2.24, 2.45) is 23.7 Å². The van der Waals surface area contributed by atoms with Crippen LogP contribution in [0.4, 0.5) is 0 Å². The van der Waals surface area contributed by atoms with Crippen LogP contribution in [-0.4, -0.2) is 148 Å². The van der Waals surface area contributed by atoms with Crippen LogP contribution in [0.2, 0.25) is 0 Å². The summed E-state index contributed by atoms with van der Waals surface area (Å²) in [4.78, 5) is 29.8. The second kappa shape index (κ2) is 17.0. The van der Waals surface area contributed by atoms with Crippen LogP contribution in [0, 0.1) is 23.7 Å². The SMILES string of the molecule is CC[C@H]1OC(=O)[C@@H](C)[C@H](O[C@@H]2C[C@@](C)(OC)[C@@H](O)[C@H](C)O2)[C@H](C)[C@@H](O[C@@H]2O[C@H](C)C[C@H](N(C)C)[C@H]2O)[C@@](C)(O)C[C@@H](C)C(=O)[C@H](C)[C@@H](O)[C@]1(C)O. The number of hydrogen-bond acceptors (Lipinski definition) is 14. The molecule has 3 rings (SSSR count). The third kappa shape index (κ3) is 9.51. The zero-order valence-electron chi connectivity index (χ0n) is 32.9. The molecule has 0 aliphatic carbocycles. The van der Waals surface area contributed by atoms with Gasteiger partial charge in [0.25, 0.3) is 0 Å². The summed E-state index contributed by atoms with van der Waals surface area (Å²) in [6.45, 7) is 16.3. The highest BCUT2D eigenvalue weighted by Crippen LogP contribution is 2.40. The van der Waals surface area contributed by atoms with E-state index in [-0.39, 0.29) is 31.4 Å². The Balaban J connectivity index is 2.18.